The van der Waals surface area contributed by atoms with Gasteiger partial charge in [-0.15, -0.1) is 0 Å². The summed E-state index contributed by atoms with van der Waals surface area (Å²) >= 11 is 0. The van der Waals surface area contributed by atoms with E-state index in [1.54, 1.807) is 5.57 Å². The maximum atomic E-state index is 3.29. The quantitative estimate of drug-likeness (QED) is 0.574. The van der Waals surface area contributed by atoms with Gasteiger partial charge in [0.2, 0.25) is 0 Å². The average molecular weight is 155 g/mol. The summed E-state index contributed by atoms with van der Waals surface area (Å²) in [5.74, 6) is 0. The molecule has 1 atom stereocenters. The molecular formula is C10H21N. The van der Waals surface area contributed by atoms with Crippen molar-refractivity contribution in [2.45, 2.75) is 46.1 Å². The van der Waals surface area contributed by atoms with Crippen LogP contribution in [0, 0.1) is 0 Å². The maximum absolute atomic E-state index is 3.29. The van der Waals surface area contributed by atoms with E-state index in [0.717, 1.165) is 6.04 Å². The molecular weight excluding hydrogens is 134 g/mol. The minimum Gasteiger partial charge on any atom is -0.317 e. The zero-order chi connectivity index (χ0) is 8.69. The molecule has 1 aliphatic rings. The van der Waals surface area contributed by atoms with Gasteiger partial charge in [-0.1, -0.05) is 25.5 Å². The van der Waals surface area contributed by atoms with E-state index in [1.807, 2.05) is 20.9 Å². The third-order valence-corrected chi connectivity index (χ3v) is 1.98. The molecule has 0 saturated heterocycles. The maximum Gasteiger partial charge on any atom is 0.0104 e. The lowest BCUT2D eigenvalue weighted by atomic mass is 9.96. The minimum atomic E-state index is 0.745. The van der Waals surface area contributed by atoms with Crippen LogP contribution in [0.25, 0.3) is 0 Å². The van der Waals surface area contributed by atoms with E-state index in [2.05, 4.69) is 18.3 Å². The molecule has 0 aliphatic heterocycles. The molecule has 0 aromatic carbocycles. The summed E-state index contributed by atoms with van der Waals surface area (Å²) in [6, 6.07) is 0.745. The van der Waals surface area contributed by atoms with Crippen molar-refractivity contribution in [3.05, 3.63) is 11.6 Å². The lowest BCUT2D eigenvalue weighted by Crippen LogP contribution is -2.26. The molecule has 0 bridgehead atoms. The van der Waals surface area contributed by atoms with Crippen LogP contribution in [0.5, 0.6) is 0 Å². The fourth-order valence-corrected chi connectivity index (χ4v) is 1.35. The molecule has 66 valence electrons. The van der Waals surface area contributed by atoms with Crippen LogP contribution in [-0.2, 0) is 0 Å². The Labute approximate surface area is 70.9 Å². The molecule has 1 nitrogen and oxygen atoms in total. The summed E-state index contributed by atoms with van der Waals surface area (Å²) < 4.78 is 0. The SMILES string of the molecule is CC.CNC1CCC=C(C)C1. The van der Waals surface area contributed by atoms with Gasteiger partial charge in [0.15, 0.2) is 0 Å². The molecule has 1 N–H and O–H groups in total. The Morgan fingerprint density at radius 3 is 2.45 bits per heavy atom. The molecule has 0 heterocycles. The Morgan fingerprint density at radius 1 is 1.45 bits per heavy atom. The number of hydrogen-bond donors (Lipinski definition) is 1. The van der Waals surface area contributed by atoms with Crippen LogP contribution < -0.4 is 5.32 Å². The van der Waals surface area contributed by atoms with Crippen LogP contribution in [0.3, 0.4) is 0 Å². The first-order valence-corrected chi connectivity index (χ1v) is 4.66. The lowest BCUT2D eigenvalue weighted by Gasteiger charge is -2.19. The summed E-state index contributed by atoms with van der Waals surface area (Å²) in [5.41, 5.74) is 1.54. The Bertz CT molecular complexity index is 116. The van der Waals surface area contributed by atoms with E-state index in [4.69, 9.17) is 0 Å². The molecule has 11 heavy (non-hydrogen) atoms. The van der Waals surface area contributed by atoms with E-state index in [9.17, 15) is 0 Å². The van der Waals surface area contributed by atoms with Crippen molar-refractivity contribution in [2.24, 2.45) is 0 Å². The lowest BCUT2D eigenvalue weighted by molar-refractivity contribution is 0.503. The first-order chi connectivity index (χ1) is 5.33. The Balaban J connectivity index is 0.000000461. The molecule has 0 amide bonds. The highest BCUT2D eigenvalue weighted by Crippen LogP contribution is 2.16. The normalized spacial score (nSPS) is 23.3. The van der Waals surface area contributed by atoms with Crippen molar-refractivity contribution < 1.29 is 0 Å². The predicted molar refractivity (Wildman–Crippen MR) is 51.8 cm³/mol. The molecule has 0 aromatic rings. The average Bonchev–Trinajstić information content (AvgIpc) is 2.08. The van der Waals surface area contributed by atoms with Gasteiger partial charge in [0.05, 0.1) is 0 Å². The summed E-state index contributed by atoms with van der Waals surface area (Å²) in [6.07, 6.45) is 6.16. The van der Waals surface area contributed by atoms with Crippen LogP contribution in [0.15, 0.2) is 11.6 Å². The Morgan fingerprint density at radius 2 is 2.09 bits per heavy atom. The van der Waals surface area contributed by atoms with Crippen molar-refractivity contribution in [2.75, 3.05) is 7.05 Å². The number of rotatable bonds is 1. The molecule has 0 aromatic heterocycles. The second-order valence-corrected chi connectivity index (χ2v) is 2.82. The van der Waals surface area contributed by atoms with Gasteiger partial charge >= 0.3 is 0 Å². The summed E-state index contributed by atoms with van der Waals surface area (Å²) in [6.45, 7) is 6.21. The number of hydrogen-bond acceptors (Lipinski definition) is 1. The van der Waals surface area contributed by atoms with E-state index in [1.165, 1.54) is 19.3 Å². The first kappa shape index (κ1) is 10.7. The zero-order valence-electron chi connectivity index (χ0n) is 8.28. The van der Waals surface area contributed by atoms with Gasteiger partial charge in [0, 0.05) is 6.04 Å². The summed E-state index contributed by atoms with van der Waals surface area (Å²) in [4.78, 5) is 0. The third-order valence-electron chi connectivity index (χ3n) is 1.98. The largest absolute Gasteiger partial charge is 0.317 e. The van der Waals surface area contributed by atoms with Gasteiger partial charge in [0.1, 0.15) is 0 Å². The van der Waals surface area contributed by atoms with Gasteiger partial charge in [-0.05, 0) is 33.2 Å². The van der Waals surface area contributed by atoms with Crippen LogP contribution in [0.4, 0.5) is 0 Å². The topological polar surface area (TPSA) is 12.0 Å². The summed E-state index contributed by atoms with van der Waals surface area (Å²) in [7, 11) is 2.04. The fraction of sp³-hybridized carbons (Fsp3) is 0.800. The second-order valence-electron chi connectivity index (χ2n) is 2.82. The molecule has 1 rings (SSSR count). The predicted octanol–water partition coefficient (Wildman–Crippen LogP) is 2.73. The van der Waals surface area contributed by atoms with Gasteiger partial charge in [-0.2, -0.15) is 0 Å². The highest BCUT2D eigenvalue weighted by Gasteiger charge is 2.09. The van der Waals surface area contributed by atoms with Gasteiger partial charge in [-0.3, -0.25) is 0 Å². The number of allylic oxidation sites excluding steroid dienone is 1. The van der Waals surface area contributed by atoms with Crippen molar-refractivity contribution in [3.8, 4) is 0 Å². The molecule has 1 aliphatic carbocycles. The van der Waals surface area contributed by atoms with Crippen LogP contribution in [0.2, 0.25) is 0 Å². The zero-order valence-corrected chi connectivity index (χ0v) is 8.28. The Kier molecular flexibility index (Phi) is 6.24. The summed E-state index contributed by atoms with van der Waals surface area (Å²) in [5, 5.41) is 3.29. The molecule has 0 spiro atoms. The second kappa shape index (κ2) is 6.41. The van der Waals surface area contributed by atoms with Gasteiger partial charge < -0.3 is 5.32 Å². The van der Waals surface area contributed by atoms with Crippen molar-refractivity contribution in [1.29, 1.82) is 0 Å². The van der Waals surface area contributed by atoms with E-state index in [0.29, 0.717) is 0 Å². The minimum absolute atomic E-state index is 0.745. The third kappa shape index (κ3) is 4.20. The van der Waals surface area contributed by atoms with E-state index in [-0.39, 0.29) is 0 Å². The fourth-order valence-electron chi connectivity index (χ4n) is 1.35. The highest BCUT2D eigenvalue weighted by molar-refractivity contribution is 5.04. The van der Waals surface area contributed by atoms with E-state index >= 15 is 0 Å². The van der Waals surface area contributed by atoms with Crippen LogP contribution >= 0.6 is 0 Å². The standard InChI is InChI=1S/C8H15N.C2H6/c1-7-4-3-5-8(6-7)9-2;1-2/h4,8-9H,3,5-6H2,1-2H3;1-2H3. The molecule has 1 heteroatoms. The Hall–Kier alpha value is -0.300. The molecule has 0 fully saturated rings. The van der Waals surface area contributed by atoms with Crippen molar-refractivity contribution in [1.82, 2.24) is 5.32 Å². The molecule has 1 unspecified atom stereocenters. The van der Waals surface area contributed by atoms with Gasteiger partial charge in [0.25, 0.3) is 0 Å². The van der Waals surface area contributed by atoms with Crippen LogP contribution in [-0.4, -0.2) is 13.1 Å². The smallest absolute Gasteiger partial charge is 0.0104 e. The number of nitrogens with one attached hydrogen (secondary N) is 1. The van der Waals surface area contributed by atoms with E-state index < -0.39 is 0 Å². The monoisotopic (exact) mass is 155 g/mol. The molecule has 0 radical (unpaired) electrons. The van der Waals surface area contributed by atoms with Crippen molar-refractivity contribution >= 4 is 0 Å². The first-order valence-electron chi connectivity index (χ1n) is 4.66. The van der Waals surface area contributed by atoms with Crippen molar-refractivity contribution in [3.63, 3.8) is 0 Å². The van der Waals surface area contributed by atoms with Crippen LogP contribution in [0.1, 0.15) is 40.0 Å². The molecule has 0 saturated carbocycles. The highest BCUT2D eigenvalue weighted by atomic mass is 14.9. The van der Waals surface area contributed by atoms with Gasteiger partial charge in [-0.25, -0.2) is 0 Å².